The van der Waals surface area contributed by atoms with Crippen molar-refractivity contribution in [1.29, 1.82) is 0 Å². The van der Waals surface area contributed by atoms with Gasteiger partial charge >= 0.3 is 0 Å². The van der Waals surface area contributed by atoms with Gasteiger partial charge in [0.1, 0.15) is 5.82 Å². The zero-order chi connectivity index (χ0) is 12.3. The van der Waals surface area contributed by atoms with E-state index in [1.165, 1.54) is 0 Å². The Balaban J connectivity index is 2.00. The maximum atomic E-state index is 8.89. The van der Waals surface area contributed by atoms with Crippen LogP contribution in [0.25, 0.3) is 0 Å². The van der Waals surface area contributed by atoms with Gasteiger partial charge in [0.15, 0.2) is 0 Å². The van der Waals surface area contributed by atoms with Gasteiger partial charge in [-0.2, -0.15) is 0 Å². The van der Waals surface area contributed by atoms with Crippen molar-refractivity contribution >= 4 is 11.5 Å². The molecular formula is C12H20N4O. The summed E-state index contributed by atoms with van der Waals surface area (Å²) in [5, 5.41) is 8.89. The lowest BCUT2D eigenvalue weighted by molar-refractivity contribution is 0.188. The van der Waals surface area contributed by atoms with E-state index in [0.29, 0.717) is 5.69 Å². The molecular weight excluding hydrogens is 216 g/mol. The molecule has 3 N–H and O–H groups in total. The van der Waals surface area contributed by atoms with Crippen LogP contribution in [-0.2, 0) is 0 Å². The molecule has 0 aliphatic carbocycles. The molecule has 0 unspecified atom stereocenters. The molecule has 17 heavy (non-hydrogen) atoms. The Bertz CT molecular complexity index is 375. The Morgan fingerprint density at radius 2 is 2.06 bits per heavy atom. The van der Waals surface area contributed by atoms with Crippen LogP contribution in [0.2, 0.25) is 0 Å². The van der Waals surface area contributed by atoms with Crippen LogP contribution in [0.15, 0.2) is 12.3 Å². The van der Waals surface area contributed by atoms with Gasteiger partial charge in [-0.05, 0) is 18.6 Å². The van der Waals surface area contributed by atoms with Crippen LogP contribution in [-0.4, -0.2) is 54.3 Å². The maximum Gasteiger partial charge on any atom is 0.131 e. The Hall–Kier alpha value is -1.33. The molecule has 0 atom stereocenters. The molecule has 0 spiro atoms. The Morgan fingerprint density at radius 1 is 1.35 bits per heavy atom. The lowest BCUT2D eigenvalue weighted by Gasteiger charge is -2.35. The molecule has 1 fully saturated rings. The number of nitrogens with zero attached hydrogens (tertiary/aromatic N) is 3. The zero-order valence-electron chi connectivity index (χ0n) is 10.3. The number of anilines is 2. The summed E-state index contributed by atoms with van der Waals surface area (Å²) in [6.07, 6.45) is 1.71. The summed E-state index contributed by atoms with van der Waals surface area (Å²) in [6, 6.07) is 1.96. The van der Waals surface area contributed by atoms with E-state index in [9.17, 15) is 0 Å². The average Bonchev–Trinajstić information content (AvgIpc) is 2.31. The summed E-state index contributed by atoms with van der Waals surface area (Å²) in [6.45, 7) is 6.91. The van der Waals surface area contributed by atoms with E-state index in [4.69, 9.17) is 10.8 Å². The highest BCUT2D eigenvalue weighted by Crippen LogP contribution is 2.20. The van der Waals surface area contributed by atoms with E-state index in [1.54, 1.807) is 6.20 Å². The van der Waals surface area contributed by atoms with Crippen LogP contribution in [0.5, 0.6) is 0 Å². The van der Waals surface area contributed by atoms with Gasteiger partial charge in [0.2, 0.25) is 0 Å². The third-order valence-corrected chi connectivity index (χ3v) is 3.16. The van der Waals surface area contributed by atoms with Gasteiger partial charge in [0, 0.05) is 32.7 Å². The molecule has 1 aliphatic heterocycles. The predicted octanol–water partition coefficient (Wildman–Crippen LogP) is 0.0865. The number of β-amino-alcohol motifs (C(OH)–C–C–N with tert-alkyl or cyclic N) is 1. The number of hydrogen-bond donors (Lipinski definition) is 2. The second kappa shape index (κ2) is 5.33. The molecule has 0 aromatic carbocycles. The average molecular weight is 236 g/mol. The lowest BCUT2D eigenvalue weighted by atomic mass is 10.2. The fourth-order valence-electron chi connectivity index (χ4n) is 2.25. The number of aromatic nitrogens is 1. The topological polar surface area (TPSA) is 65.6 Å². The molecule has 0 saturated carbocycles. The van der Waals surface area contributed by atoms with Gasteiger partial charge in [-0.1, -0.05) is 0 Å². The van der Waals surface area contributed by atoms with Gasteiger partial charge in [-0.3, -0.25) is 4.90 Å². The smallest absolute Gasteiger partial charge is 0.131 e. The van der Waals surface area contributed by atoms with Gasteiger partial charge in [-0.25, -0.2) is 4.98 Å². The molecule has 0 bridgehead atoms. The largest absolute Gasteiger partial charge is 0.397 e. The Labute approximate surface area is 102 Å². The molecule has 5 nitrogen and oxygen atoms in total. The molecule has 5 heteroatoms. The molecule has 2 heterocycles. The van der Waals surface area contributed by atoms with Gasteiger partial charge in [-0.15, -0.1) is 0 Å². The first-order chi connectivity index (χ1) is 8.20. The van der Waals surface area contributed by atoms with Crippen molar-refractivity contribution in [1.82, 2.24) is 9.88 Å². The third kappa shape index (κ3) is 2.87. The number of aliphatic hydroxyl groups is 1. The van der Waals surface area contributed by atoms with E-state index < -0.39 is 0 Å². The number of hydrogen-bond acceptors (Lipinski definition) is 5. The van der Waals surface area contributed by atoms with E-state index >= 15 is 0 Å². The molecule has 94 valence electrons. The second-order valence-electron chi connectivity index (χ2n) is 4.46. The first-order valence-electron chi connectivity index (χ1n) is 6.01. The van der Waals surface area contributed by atoms with Crippen LogP contribution in [0.1, 0.15) is 5.56 Å². The van der Waals surface area contributed by atoms with Crippen molar-refractivity contribution in [3.05, 3.63) is 17.8 Å². The molecule has 1 aromatic heterocycles. The molecule has 1 aliphatic rings. The molecule has 2 rings (SSSR count). The quantitative estimate of drug-likeness (QED) is 0.778. The normalized spacial score (nSPS) is 17.4. The minimum atomic E-state index is 0.235. The monoisotopic (exact) mass is 236 g/mol. The number of aliphatic hydroxyl groups excluding tert-OH is 1. The summed E-state index contributed by atoms with van der Waals surface area (Å²) in [4.78, 5) is 8.95. The molecule has 1 aromatic rings. The van der Waals surface area contributed by atoms with Crippen molar-refractivity contribution < 1.29 is 5.11 Å². The first kappa shape index (κ1) is 12.1. The van der Waals surface area contributed by atoms with Crippen LogP contribution in [0.4, 0.5) is 11.5 Å². The highest BCUT2D eigenvalue weighted by Gasteiger charge is 2.18. The Morgan fingerprint density at radius 3 is 2.65 bits per heavy atom. The number of piperazine rings is 1. The lowest BCUT2D eigenvalue weighted by Crippen LogP contribution is -2.47. The van der Waals surface area contributed by atoms with Crippen molar-refractivity contribution in [3.63, 3.8) is 0 Å². The van der Waals surface area contributed by atoms with Crippen LogP contribution >= 0.6 is 0 Å². The Kier molecular flexibility index (Phi) is 3.81. The summed E-state index contributed by atoms with van der Waals surface area (Å²) < 4.78 is 0. The van der Waals surface area contributed by atoms with Crippen molar-refractivity contribution in [2.24, 2.45) is 0 Å². The minimum absolute atomic E-state index is 0.235. The maximum absolute atomic E-state index is 8.89. The predicted molar refractivity (Wildman–Crippen MR) is 69.1 cm³/mol. The first-order valence-corrected chi connectivity index (χ1v) is 6.01. The van der Waals surface area contributed by atoms with Crippen LogP contribution < -0.4 is 10.6 Å². The van der Waals surface area contributed by atoms with Crippen molar-refractivity contribution in [3.8, 4) is 0 Å². The molecule has 1 saturated heterocycles. The minimum Gasteiger partial charge on any atom is -0.397 e. The van der Waals surface area contributed by atoms with E-state index in [-0.39, 0.29) is 6.61 Å². The molecule has 0 amide bonds. The SMILES string of the molecule is Cc1cc(N)cnc1N1CCN(CCO)CC1. The van der Waals surface area contributed by atoms with E-state index in [0.717, 1.165) is 44.1 Å². The zero-order valence-corrected chi connectivity index (χ0v) is 10.3. The standard InChI is InChI=1S/C12H20N4O/c1-10-8-11(13)9-14-12(10)16-4-2-15(3-5-16)6-7-17/h8-9,17H,2-7,13H2,1H3. The summed E-state index contributed by atoms with van der Waals surface area (Å²) in [5.41, 5.74) is 7.54. The van der Waals surface area contributed by atoms with Crippen LogP contribution in [0, 0.1) is 6.92 Å². The van der Waals surface area contributed by atoms with Crippen LogP contribution in [0.3, 0.4) is 0 Å². The summed E-state index contributed by atoms with van der Waals surface area (Å²) >= 11 is 0. The van der Waals surface area contributed by atoms with E-state index in [2.05, 4.69) is 14.8 Å². The highest BCUT2D eigenvalue weighted by molar-refractivity contribution is 5.52. The number of nitrogens with two attached hydrogens (primary N) is 1. The number of aryl methyl sites for hydroxylation is 1. The fourth-order valence-corrected chi connectivity index (χ4v) is 2.25. The number of rotatable bonds is 3. The summed E-state index contributed by atoms with van der Waals surface area (Å²) in [5.74, 6) is 1.03. The molecule has 0 radical (unpaired) electrons. The third-order valence-electron chi connectivity index (χ3n) is 3.16. The van der Waals surface area contributed by atoms with Gasteiger partial charge < -0.3 is 15.7 Å². The highest BCUT2D eigenvalue weighted by atomic mass is 16.3. The summed E-state index contributed by atoms with van der Waals surface area (Å²) in [7, 11) is 0. The number of nitrogen functional groups attached to an aromatic ring is 1. The van der Waals surface area contributed by atoms with Crippen molar-refractivity contribution in [2.45, 2.75) is 6.92 Å². The second-order valence-corrected chi connectivity index (χ2v) is 4.46. The van der Waals surface area contributed by atoms with E-state index in [1.807, 2.05) is 13.0 Å². The van der Waals surface area contributed by atoms with Gasteiger partial charge in [0.25, 0.3) is 0 Å². The van der Waals surface area contributed by atoms with Crippen molar-refractivity contribution in [2.75, 3.05) is 50.0 Å². The van der Waals surface area contributed by atoms with Gasteiger partial charge in [0.05, 0.1) is 18.5 Å². The number of pyridine rings is 1. The fraction of sp³-hybridized carbons (Fsp3) is 0.583.